The summed E-state index contributed by atoms with van der Waals surface area (Å²) in [5.74, 6) is 0.859. The molecule has 2 aromatic carbocycles. The van der Waals surface area contributed by atoms with Crippen molar-refractivity contribution in [3.8, 4) is 17.1 Å². The van der Waals surface area contributed by atoms with E-state index in [1.807, 2.05) is 57.9 Å². The maximum absolute atomic E-state index is 12.2. The molecule has 1 aliphatic heterocycles. The fourth-order valence-corrected chi connectivity index (χ4v) is 3.99. The van der Waals surface area contributed by atoms with Crippen molar-refractivity contribution in [1.82, 2.24) is 19.3 Å². The number of rotatable bonds is 3. The number of hydrogen-bond acceptors (Lipinski definition) is 4. The molecule has 4 aromatic rings. The Labute approximate surface area is 168 Å². The Kier molecular flexibility index (Phi) is 3.94. The van der Waals surface area contributed by atoms with E-state index in [1.165, 1.54) is 0 Å². The number of hydrogen-bond donors (Lipinski definition) is 1. The van der Waals surface area contributed by atoms with Crippen molar-refractivity contribution in [3.05, 3.63) is 64.5 Å². The Balaban J connectivity index is 1.70. The number of nitrogens with zero attached hydrogens (tertiary/aromatic N) is 4. The van der Waals surface area contributed by atoms with Gasteiger partial charge in [0, 0.05) is 9.86 Å². The summed E-state index contributed by atoms with van der Waals surface area (Å²) in [5.41, 5.74) is 8.48. The number of fused-ring (bicyclic) bond motifs is 4. The first-order valence-corrected chi connectivity index (χ1v) is 9.63. The quantitative estimate of drug-likeness (QED) is 0.532. The van der Waals surface area contributed by atoms with Gasteiger partial charge in [-0.3, -0.25) is 9.48 Å². The third-order valence-corrected chi connectivity index (χ3v) is 5.40. The van der Waals surface area contributed by atoms with Crippen LogP contribution < -0.4 is 10.5 Å². The van der Waals surface area contributed by atoms with Crippen LogP contribution in [0.5, 0.6) is 5.75 Å². The molecule has 0 fully saturated rings. The predicted molar refractivity (Wildman–Crippen MR) is 108 cm³/mol. The van der Waals surface area contributed by atoms with E-state index in [-0.39, 0.29) is 5.69 Å². The number of nitrogens with two attached hydrogens (primary N) is 1. The van der Waals surface area contributed by atoms with Gasteiger partial charge in [0.25, 0.3) is 5.91 Å². The van der Waals surface area contributed by atoms with E-state index in [0.717, 1.165) is 32.4 Å². The summed E-state index contributed by atoms with van der Waals surface area (Å²) in [4.78, 5) is 16.8. The second kappa shape index (κ2) is 6.49. The normalized spacial score (nSPS) is 12.9. The van der Waals surface area contributed by atoms with Crippen LogP contribution in [0.3, 0.4) is 0 Å². The average Bonchev–Trinajstić information content (AvgIpc) is 3.20. The predicted octanol–water partition coefficient (Wildman–Crippen LogP) is 3.20. The maximum atomic E-state index is 12.2. The molecule has 5 rings (SSSR count). The Hall–Kier alpha value is -3.13. The van der Waals surface area contributed by atoms with Crippen LogP contribution >= 0.6 is 15.9 Å². The fraction of sp³-hybridized carbons (Fsp3) is 0.150. The van der Waals surface area contributed by atoms with Crippen LogP contribution in [0.2, 0.25) is 0 Å². The van der Waals surface area contributed by atoms with Crippen LogP contribution in [0, 0.1) is 0 Å². The van der Waals surface area contributed by atoms with E-state index < -0.39 is 5.91 Å². The number of benzene rings is 2. The van der Waals surface area contributed by atoms with Gasteiger partial charge in [0.1, 0.15) is 18.2 Å². The van der Waals surface area contributed by atoms with Crippen molar-refractivity contribution in [1.29, 1.82) is 0 Å². The van der Waals surface area contributed by atoms with Crippen molar-refractivity contribution in [2.24, 2.45) is 5.73 Å². The number of halogens is 1. The van der Waals surface area contributed by atoms with Crippen LogP contribution in [0.1, 0.15) is 16.2 Å². The molecule has 0 unspecified atom stereocenters. The average molecular weight is 438 g/mol. The van der Waals surface area contributed by atoms with E-state index in [1.54, 1.807) is 0 Å². The lowest BCUT2D eigenvalue weighted by molar-refractivity contribution is 0.0994. The zero-order chi connectivity index (χ0) is 19.3. The Morgan fingerprint density at radius 1 is 1.25 bits per heavy atom. The van der Waals surface area contributed by atoms with Gasteiger partial charge in [0.05, 0.1) is 36.1 Å². The van der Waals surface area contributed by atoms with Gasteiger partial charge in [-0.25, -0.2) is 4.98 Å². The fourth-order valence-electron chi connectivity index (χ4n) is 3.63. The third-order valence-electron chi connectivity index (χ3n) is 4.91. The highest BCUT2D eigenvalue weighted by Gasteiger charge is 2.26. The number of carbonyl (C=O) groups excluding carboxylic acids is 1. The van der Waals surface area contributed by atoms with E-state index in [4.69, 9.17) is 10.5 Å². The van der Waals surface area contributed by atoms with Gasteiger partial charge in [-0.1, -0.05) is 34.1 Å². The molecule has 140 valence electrons. The van der Waals surface area contributed by atoms with Crippen LogP contribution in [-0.4, -0.2) is 31.8 Å². The van der Waals surface area contributed by atoms with Crippen molar-refractivity contribution in [2.75, 3.05) is 6.61 Å². The molecule has 0 bridgehead atoms. The number of imidazole rings is 1. The molecule has 2 N–H and O–H groups in total. The van der Waals surface area contributed by atoms with Gasteiger partial charge in [0.15, 0.2) is 5.69 Å². The topological polar surface area (TPSA) is 88.0 Å². The summed E-state index contributed by atoms with van der Waals surface area (Å²) in [7, 11) is 0. The molecule has 0 spiro atoms. The number of aromatic nitrogens is 4. The number of amides is 1. The summed E-state index contributed by atoms with van der Waals surface area (Å²) < 4.78 is 10.7. The van der Waals surface area contributed by atoms with E-state index in [9.17, 15) is 4.79 Å². The second-order valence-electron chi connectivity index (χ2n) is 6.60. The van der Waals surface area contributed by atoms with Gasteiger partial charge in [0.2, 0.25) is 0 Å². The molecule has 0 radical (unpaired) electrons. The first-order valence-electron chi connectivity index (χ1n) is 8.84. The largest absolute Gasteiger partial charge is 0.491 e. The van der Waals surface area contributed by atoms with Crippen molar-refractivity contribution in [2.45, 2.75) is 13.1 Å². The van der Waals surface area contributed by atoms with Crippen molar-refractivity contribution >= 4 is 32.7 Å². The minimum Gasteiger partial charge on any atom is -0.491 e. The van der Waals surface area contributed by atoms with Crippen LogP contribution in [-0.2, 0) is 13.1 Å². The number of primary amides is 1. The third kappa shape index (κ3) is 2.68. The van der Waals surface area contributed by atoms with Gasteiger partial charge in [-0.05, 0) is 24.3 Å². The number of para-hydroxylation sites is 1. The first-order chi connectivity index (χ1) is 13.6. The maximum Gasteiger partial charge on any atom is 0.269 e. The number of carbonyl (C=O) groups is 1. The lowest BCUT2D eigenvalue weighted by atomic mass is 10.2. The highest BCUT2D eigenvalue weighted by molar-refractivity contribution is 9.10. The Morgan fingerprint density at radius 2 is 2.11 bits per heavy atom. The molecular formula is C20H16BrN5O2. The summed E-state index contributed by atoms with van der Waals surface area (Å²) in [6.45, 7) is 1.43. The van der Waals surface area contributed by atoms with Crippen LogP contribution in [0.25, 0.3) is 22.3 Å². The summed E-state index contributed by atoms with van der Waals surface area (Å²) in [5, 5.41) is 5.52. The first kappa shape index (κ1) is 17.0. The monoisotopic (exact) mass is 437 g/mol. The molecular weight excluding hydrogens is 422 g/mol. The molecule has 0 atom stereocenters. The molecule has 0 saturated heterocycles. The van der Waals surface area contributed by atoms with Gasteiger partial charge in [-0.2, -0.15) is 5.10 Å². The highest BCUT2D eigenvalue weighted by atomic mass is 79.9. The Bertz CT molecular complexity index is 1230. The van der Waals surface area contributed by atoms with Crippen molar-refractivity contribution in [3.63, 3.8) is 0 Å². The van der Waals surface area contributed by atoms with Gasteiger partial charge in [-0.15, -0.1) is 0 Å². The SMILES string of the molecule is NC(=O)c1nc2n(c1Cn1ncc3ccccc31)CCOc1ccc(Br)cc1-2. The lowest BCUT2D eigenvalue weighted by Gasteiger charge is -2.10. The molecule has 0 aliphatic carbocycles. The van der Waals surface area contributed by atoms with Crippen molar-refractivity contribution < 1.29 is 9.53 Å². The van der Waals surface area contributed by atoms with Crippen LogP contribution in [0.15, 0.2) is 53.1 Å². The minimum absolute atomic E-state index is 0.266. The standard InChI is InChI=1S/C20H16BrN5O2/c21-13-5-6-17-14(9-13)20-24-18(19(22)27)16(25(20)7-8-28-17)11-26-15-4-2-1-3-12(15)10-23-26/h1-6,9-10H,7-8,11H2,(H2,22,27). The lowest BCUT2D eigenvalue weighted by Crippen LogP contribution is -2.18. The minimum atomic E-state index is -0.551. The zero-order valence-electron chi connectivity index (χ0n) is 14.8. The summed E-state index contributed by atoms with van der Waals surface area (Å²) in [6.07, 6.45) is 1.81. The molecule has 28 heavy (non-hydrogen) atoms. The summed E-state index contributed by atoms with van der Waals surface area (Å²) in [6, 6.07) is 13.7. The Morgan fingerprint density at radius 3 is 2.96 bits per heavy atom. The number of ether oxygens (including phenoxy) is 1. The molecule has 2 aromatic heterocycles. The molecule has 8 heteroatoms. The molecule has 1 aliphatic rings. The van der Waals surface area contributed by atoms with E-state index >= 15 is 0 Å². The van der Waals surface area contributed by atoms with E-state index in [2.05, 4.69) is 26.0 Å². The van der Waals surface area contributed by atoms with Gasteiger partial charge >= 0.3 is 0 Å². The zero-order valence-corrected chi connectivity index (χ0v) is 16.4. The molecule has 3 heterocycles. The molecule has 1 amide bonds. The second-order valence-corrected chi connectivity index (χ2v) is 7.51. The highest BCUT2D eigenvalue weighted by Crippen LogP contribution is 2.35. The molecule has 0 saturated carbocycles. The van der Waals surface area contributed by atoms with E-state index in [0.29, 0.717) is 25.5 Å². The summed E-state index contributed by atoms with van der Waals surface area (Å²) >= 11 is 3.50. The van der Waals surface area contributed by atoms with Crippen LogP contribution in [0.4, 0.5) is 0 Å². The van der Waals surface area contributed by atoms with Gasteiger partial charge < -0.3 is 15.0 Å². The smallest absolute Gasteiger partial charge is 0.269 e. The molecule has 7 nitrogen and oxygen atoms in total.